The summed E-state index contributed by atoms with van der Waals surface area (Å²) in [5.74, 6) is 0. The fraction of sp³-hybridized carbons (Fsp3) is 0.250. The summed E-state index contributed by atoms with van der Waals surface area (Å²) in [4.78, 5) is 11.3. The monoisotopic (exact) mass is 181 g/mol. The Morgan fingerprint density at radius 2 is 1.67 bits per heavy atom. The Labute approximate surface area is 74.7 Å². The maximum absolute atomic E-state index is 4.93. The minimum Gasteiger partial charge on any atom is -0.285 e. The lowest BCUT2D eigenvalue weighted by atomic mass is 10.4. The second kappa shape index (κ2) is 5.05. The molecule has 64 valence electrons. The maximum atomic E-state index is 4.93. The molecule has 3 nitrogen and oxygen atoms in total. The van der Waals surface area contributed by atoms with Crippen molar-refractivity contribution in [2.24, 2.45) is 0 Å². The van der Waals surface area contributed by atoms with Gasteiger partial charge in [-0.25, -0.2) is 0 Å². The fourth-order valence-electron chi connectivity index (χ4n) is 0.784. The largest absolute Gasteiger partial charge is 0.285 e. The van der Waals surface area contributed by atoms with Gasteiger partial charge < -0.3 is 0 Å². The highest BCUT2D eigenvalue weighted by molar-refractivity contribution is 6.49. The average molecular weight is 181 g/mol. The van der Waals surface area contributed by atoms with Gasteiger partial charge >= 0.3 is 0 Å². The zero-order chi connectivity index (χ0) is 8.81. The van der Waals surface area contributed by atoms with Crippen LogP contribution in [0.1, 0.15) is 0 Å². The molecule has 0 amide bonds. The normalized spacial score (nSPS) is 10.6. The molecule has 0 fully saturated rings. The molecule has 2 radical (unpaired) electrons. The summed E-state index contributed by atoms with van der Waals surface area (Å²) < 4.78 is 0. The van der Waals surface area contributed by atoms with Gasteiger partial charge in [-0.15, -0.1) is 0 Å². The van der Waals surface area contributed by atoms with Crippen LogP contribution in [0.2, 0.25) is 0 Å². The number of hydrogen-bond donors (Lipinski definition) is 0. The van der Waals surface area contributed by atoms with E-state index in [2.05, 4.69) is 0 Å². The van der Waals surface area contributed by atoms with E-state index in [1.165, 1.54) is 10.1 Å². The molecular weight excluding hydrogens is 170 g/mol. The van der Waals surface area contributed by atoms with E-state index in [9.17, 15) is 0 Å². The quantitative estimate of drug-likeness (QED) is 0.494. The molecule has 0 bridgehead atoms. The highest BCUT2D eigenvalue weighted by Crippen LogP contribution is 1.87. The van der Waals surface area contributed by atoms with Gasteiger partial charge in [0.2, 0.25) is 0 Å². The van der Waals surface area contributed by atoms with Gasteiger partial charge in [0.1, 0.15) is 0 Å². The smallest absolute Gasteiger partial charge is 0.260 e. The van der Waals surface area contributed by atoms with Crippen molar-refractivity contribution in [3.05, 3.63) is 30.3 Å². The number of nitrogens with zero attached hydrogens (tertiary/aromatic N) is 1. The van der Waals surface area contributed by atoms with Crippen LogP contribution in [0.4, 0.5) is 0 Å². The Morgan fingerprint density at radius 1 is 1.08 bits per heavy atom. The molecule has 0 atom stereocenters. The summed E-state index contributed by atoms with van der Waals surface area (Å²) in [6.07, 6.45) is 0. The molecule has 0 aliphatic heterocycles. The Morgan fingerprint density at radius 3 is 2.17 bits per heavy atom. The lowest BCUT2D eigenvalue weighted by Gasteiger charge is -2.14. The van der Waals surface area contributed by atoms with Crippen molar-refractivity contribution in [3.8, 4) is 0 Å². The van der Waals surface area contributed by atoms with Crippen LogP contribution < -0.4 is 5.19 Å². The van der Waals surface area contributed by atoms with Gasteiger partial charge in [0.25, 0.3) is 9.68 Å². The van der Waals surface area contributed by atoms with Crippen LogP contribution in [-0.2, 0) is 9.68 Å². The molecule has 1 rings (SSSR count). The molecule has 0 unspecified atom stereocenters. The molecule has 0 saturated carbocycles. The zero-order valence-electron chi connectivity index (χ0n) is 7.15. The lowest BCUT2D eigenvalue weighted by Crippen LogP contribution is -2.34. The standard InChI is InChI=1S/C8H11NO2Si/c1-10-9(11-2)12-8-6-4-3-5-7-8/h3-7H,1-2H3. The first-order chi connectivity index (χ1) is 5.86. The Balaban J connectivity index is 2.51. The van der Waals surface area contributed by atoms with Crippen molar-refractivity contribution in [2.75, 3.05) is 14.2 Å². The molecule has 1 aromatic rings. The zero-order valence-corrected chi connectivity index (χ0v) is 8.15. The van der Waals surface area contributed by atoms with E-state index in [4.69, 9.17) is 9.68 Å². The molecule has 0 aliphatic carbocycles. The summed E-state index contributed by atoms with van der Waals surface area (Å²) in [6.45, 7) is 0. The van der Waals surface area contributed by atoms with Gasteiger partial charge in [-0.2, -0.15) is 0 Å². The van der Waals surface area contributed by atoms with Crippen LogP contribution in [-0.4, -0.2) is 28.8 Å². The minimum atomic E-state index is 0.385. The molecule has 0 N–H and O–H groups in total. The van der Waals surface area contributed by atoms with Crippen molar-refractivity contribution in [1.82, 2.24) is 4.89 Å². The molecular formula is C8H11NO2Si. The molecule has 0 aliphatic rings. The molecule has 1 aromatic carbocycles. The van der Waals surface area contributed by atoms with Gasteiger partial charge in [-0.05, 0) is 5.19 Å². The first-order valence-electron chi connectivity index (χ1n) is 3.57. The fourth-order valence-corrected chi connectivity index (χ4v) is 1.52. The van der Waals surface area contributed by atoms with E-state index in [1.807, 2.05) is 30.3 Å². The molecule has 12 heavy (non-hydrogen) atoms. The van der Waals surface area contributed by atoms with Crippen molar-refractivity contribution < 1.29 is 9.68 Å². The molecule has 0 aromatic heterocycles. The third-order valence-electron chi connectivity index (χ3n) is 1.33. The van der Waals surface area contributed by atoms with E-state index < -0.39 is 0 Å². The van der Waals surface area contributed by atoms with Crippen molar-refractivity contribution >= 4 is 14.9 Å². The van der Waals surface area contributed by atoms with Crippen molar-refractivity contribution in [2.45, 2.75) is 0 Å². The van der Waals surface area contributed by atoms with E-state index in [-0.39, 0.29) is 0 Å². The summed E-state index contributed by atoms with van der Waals surface area (Å²) >= 11 is 0. The molecule has 0 saturated heterocycles. The van der Waals surface area contributed by atoms with E-state index in [0.29, 0.717) is 9.68 Å². The van der Waals surface area contributed by atoms with Gasteiger partial charge in [-0.3, -0.25) is 9.68 Å². The highest BCUT2D eigenvalue weighted by atomic mass is 28.2. The lowest BCUT2D eigenvalue weighted by molar-refractivity contribution is -0.275. The molecule has 0 heterocycles. The number of rotatable bonds is 4. The van der Waals surface area contributed by atoms with Gasteiger partial charge in [0, 0.05) is 0 Å². The summed E-state index contributed by atoms with van der Waals surface area (Å²) in [5.41, 5.74) is 0. The third-order valence-corrected chi connectivity index (χ3v) is 2.47. The Kier molecular flexibility index (Phi) is 3.96. The maximum Gasteiger partial charge on any atom is 0.260 e. The van der Waals surface area contributed by atoms with E-state index in [1.54, 1.807) is 14.2 Å². The van der Waals surface area contributed by atoms with Crippen LogP contribution in [0.3, 0.4) is 0 Å². The Bertz CT molecular complexity index is 214. The summed E-state index contributed by atoms with van der Waals surface area (Å²) in [5, 5.41) is 1.18. The third kappa shape index (κ3) is 2.75. The van der Waals surface area contributed by atoms with E-state index >= 15 is 0 Å². The molecule has 4 heteroatoms. The van der Waals surface area contributed by atoms with Gasteiger partial charge in [0.15, 0.2) is 0 Å². The summed E-state index contributed by atoms with van der Waals surface area (Å²) in [7, 11) is 3.55. The topological polar surface area (TPSA) is 21.7 Å². The first-order valence-corrected chi connectivity index (χ1v) is 4.51. The highest BCUT2D eigenvalue weighted by Gasteiger charge is 2.04. The average Bonchev–Trinajstić information content (AvgIpc) is 2.16. The first kappa shape index (κ1) is 9.41. The van der Waals surface area contributed by atoms with Crippen LogP contribution in [0.5, 0.6) is 0 Å². The predicted molar refractivity (Wildman–Crippen MR) is 47.7 cm³/mol. The Hall–Kier alpha value is -0.683. The van der Waals surface area contributed by atoms with Gasteiger partial charge in [-0.1, -0.05) is 35.2 Å². The molecule has 0 spiro atoms. The van der Waals surface area contributed by atoms with Crippen LogP contribution in [0.25, 0.3) is 0 Å². The van der Waals surface area contributed by atoms with Crippen molar-refractivity contribution in [3.63, 3.8) is 0 Å². The number of hydrogen-bond acceptors (Lipinski definition) is 3. The predicted octanol–water partition coefficient (Wildman–Crippen LogP) is 0.356. The second-order valence-electron chi connectivity index (χ2n) is 2.10. The SMILES string of the molecule is CON(OC)[Si]c1ccccc1. The van der Waals surface area contributed by atoms with Crippen LogP contribution in [0, 0.1) is 0 Å². The second-order valence-corrected chi connectivity index (χ2v) is 3.27. The summed E-state index contributed by atoms with van der Waals surface area (Å²) in [6, 6.07) is 10.0. The van der Waals surface area contributed by atoms with E-state index in [0.717, 1.165) is 0 Å². The van der Waals surface area contributed by atoms with Crippen LogP contribution >= 0.6 is 0 Å². The minimum absolute atomic E-state index is 0.385. The van der Waals surface area contributed by atoms with Crippen LogP contribution in [0.15, 0.2) is 30.3 Å². The van der Waals surface area contributed by atoms with Crippen molar-refractivity contribution in [1.29, 1.82) is 0 Å². The van der Waals surface area contributed by atoms with Gasteiger partial charge in [0.05, 0.1) is 14.2 Å². The number of benzene rings is 1.